The molecule has 0 unspecified atom stereocenters. The fourth-order valence-electron chi connectivity index (χ4n) is 2.32. The van der Waals surface area contributed by atoms with Gasteiger partial charge in [-0.05, 0) is 25.1 Å². The van der Waals surface area contributed by atoms with Crippen molar-refractivity contribution in [3.05, 3.63) is 59.4 Å². The molecule has 28 heavy (non-hydrogen) atoms. The van der Waals surface area contributed by atoms with Crippen molar-refractivity contribution >= 4 is 17.6 Å². The first-order valence-electron chi connectivity index (χ1n) is 8.53. The molecule has 150 valence electrons. The molecule has 0 spiro atoms. The van der Waals surface area contributed by atoms with Gasteiger partial charge in [0.1, 0.15) is 5.75 Å². The summed E-state index contributed by atoms with van der Waals surface area (Å²) < 4.78 is 45.1. The maximum absolute atomic E-state index is 13.6. The topological polar surface area (TPSA) is 74.8 Å². The fourth-order valence-corrected chi connectivity index (χ4v) is 2.32. The molecule has 0 saturated carbocycles. The molecule has 6 nitrogen and oxygen atoms in total. The zero-order valence-corrected chi connectivity index (χ0v) is 15.5. The van der Waals surface area contributed by atoms with Gasteiger partial charge >= 0.3 is 0 Å². The average molecular weight is 394 g/mol. The van der Waals surface area contributed by atoms with E-state index < -0.39 is 29.0 Å². The van der Waals surface area contributed by atoms with Crippen molar-refractivity contribution in [1.82, 2.24) is 10.6 Å². The molecule has 0 aromatic heterocycles. The van der Waals surface area contributed by atoms with Crippen LogP contribution in [0.1, 0.15) is 12.5 Å². The van der Waals surface area contributed by atoms with E-state index in [0.29, 0.717) is 24.8 Å². The Bertz CT molecular complexity index is 859. The second-order valence-corrected chi connectivity index (χ2v) is 5.63. The van der Waals surface area contributed by atoms with E-state index in [4.69, 9.17) is 4.74 Å². The van der Waals surface area contributed by atoms with Crippen LogP contribution >= 0.6 is 0 Å². The molecule has 2 aromatic carbocycles. The third kappa shape index (κ3) is 5.63. The zero-order valence-electron chi connectivity index (χ0n) is 15.5. The van der Waals surface area contributed by atoms with Crippen LogP contribution in [0.15, 0.2) is 41.4 Å². The second kappa shape index (κ2) is 10.2. The Labute approximate surface area is 160 Å². The predicted molar refractivity (Wildman–Crippen MR) is 101 cm³/mol. The van der Waals surface area contributed by atoms with Crippen LogP contribution in [0.25, 0.3) is 0 Å². The van der Waals surface area contributed by atoms with Crippen LogP contribution in [-0.4, -0.2) is 32.1 Å². The summed E-state index contributed by atoms with van der Waals surface area (Å²) in [6.07, 6.45) is 0. The summed E-state index contributed by atoms with van der Waals surface area (Å²) in [5.74, 6) is -4.02. The summed E-state index contributed by atoms with van der Waals surface area (Å²) in [6.45, 7) is 2.46. The van der Waals surface area contributed by atoms with Gasteiger partial charge in [0.25, 0.3) is 0 Å². The van der Waals surface area contributed by atoms with Crippen molar-refractivity contribution < 1.29 is 22.7 Å². The van der Waals surface area contributed by atoms with Gasteiger partial charge < -0.3 is 20.7 Å². The molecule has 0 aliphatic rings. The number of anilines is 1. The van der Waals surface area contributed by atoms with Crippen molar-refractivity contribution in [3.8, 4) is 5.75 Å². The number of carbonyl (C=O) groups excluding carboxylic acids is 1. The lowest BCUT2D eigenvalue weighted by molar-refractivity contribution is -0.115. The molecule has 0 saturated heterocycles. The van der Waals surface area contributed by atoms with Gasteiger partial charge in [-0.15, -0.1) is 0 Å². The Morgan fingerprint density at radius 2 is 1.82 bits per heavy atom. The summed E-state index contributed by atoms with van der Waals surface area (Å²) in [4.78, 5) is 16.4. The molecule has 0 radical (unpaired) electrons. The molecular formula is C19H21F3N4O2. The number of halogens is 3. The highest BCUT2D eigenvalue weighted by atomic mass is 19.2. The van der Waals surface area contributed by atoms with Gasteiger partial charge in [-0.1, -0.05) is 18.2 Å². The fraction of sp³-hybridized carbons (Fsp3) is 0.263. The number of hydrogen-bond donors (Lipinski definition) is 3. The van der Waals surface area contributed by atoms with Crippen LogP contribution in [0.2, 0.25) is 0 Å². The smallest absolute Gasteiger partial charge is 0.243 e. The number of methoxy groups -OCH3 is 1. The number of rotatable bonds is 7. The number of benzene rings is 2. The van der Waals surface area contributed by atoms with Crippen molar-refractivity contribution in [2.75, 3.05) is 25.5 Å². The van der Waals surface area contributed by atoms with E-state index in [0.717, 1.165) is 17.7 Å². The molecule has 0 atom stereocenters. The normalized spacial score (nSPS) is 11.1. The zero-order chi connectivity index (χ0) is 20.5. The number of nitrogens with one attached hydrogen (secondary N) is 3. The Hall–Kier alpha value is -3.23. The first-order chi connectivity index (χ1) is 13.5. The Balaban J connectivity index is 1.98. The molecule has 0 aliphatic heterocycles. The third-order valence-electron chi connectivity index (χ3n) is 3.67. The van der Waals surface area contributed by atoms with Crippen LogP contribution in [0.4, 0.5) is 18.9 Å². The summed E-state index contributed by atoms with van der Waals surface area (Å²) in [5, 5.41) is 7.94. The van der Waals surface area contributed by atoms with Gasteiger partial charge in [0, 0.05) is 12.1 Å². The van der Waals surface area contributed by atoms with Gasteiger partial charge in [-0.25, -0.2) is 18.2 Å². The van der Waals surface area contributed by atoms with E-state index >= 15 is 0 Å². The predicted octanol–water partition coefficient (Wildman–Crippen LogP) is 2.81. The van der Waals surface area contributed by atoms with E-state index in [1.165, 1.54) is 0 Å². The van der Waals surface area contributed by atoms with Crippen molar-refractivity contribution in [2.45, 2.75) is 13.5 Å². The number of carbonyl (C=O) groups is 1. The average Bonchev–Trinajstić information content (AvgIpc) is 2.70. The summed E-state index contributed by atoms with van der Waals surface area (Å²) in [6, 6.07) is 9.07. The minimum atomic E-state index is -1.64. The Kier molecular flexibility index (Phi) is 7.67. The van der Waals surface area contributed by atoms with Crippen molar-refractivity contribution in [3.63, 3.8) is 0 Å². The van der Waals surface area contributed by atoms with Crippen molar-refractivity contribution in [2.24, 2.45) is 4.99 Å². The molecule has 3 N–H and O–H groups in total. The SMILES string of the molecule is CCNC(=NCc1ccccc1OC)NCC(=O)Nc1ccc(F)c(F)c1F. The standard InChI is InChI=1S/C19H21F3N4O2/c1-3-23-19(24-10-12-6-4-5-7-15(12)28-2)25-11-16(27)26-14-9-8-13(20)17(21)18(14)22/h4-9H,3,10-11H2,1-2H3,(H,26,27)(H2,23,24,25). The molecule has 0 fully saturated rings. The number of guanidine groups is 1. The molecule has 0 aliphatic carbocycles. The second-order valence-electron chi connectivity index (χ2n) is 5.63. The van der Waals surface area contributed by atoms with Crippen LogP contribution in [-0.2, 0) is 11.3 Å². The molecular weight excluding hydrogens is 373 g/mol. The lowest BCUT2D eigenvalue weighted by Gasteiger charge is -2.12. The quantitative estimate of drug-likeness (QED) is 0.384. The van der Waals surface area contributed by atoms with Crippen LogP contribution in [0.5, 0.6) is 5.75 Å². The van der Waals surface area contributed by atoms with Gasteiger partial charge in [0.2, 0.25) is 5.91 Å². The van der Waals surface area contributed by atoms with Gasteiger partial charge in [0.15, 0.2) is 23.4 Å². The van der Waals surface area contributed by atoms with Gasteiger partial charge in [-0.2, -0.15) is 0 Å². The highest BCUT2D eigenvalue weighted by Crippen LogP contribution is 2.19. The lowest BCUT2D eigenvalue weighted by atomic mass is 10.2. The number of amides is 1. The largest absolute Gasteiger partial charge is 0.496 e. The van der Waals surface area contributed by atoms with E-state index in [2.05, 4.69) is 20.9 Å². The molecule has 2 aromatic rings. The van der Waals surface area contributed by atoms with Crippen LogP contribution in [0.3, 0.4) is 0 Å². The molecule has 0 bridgehead atoms. The summed E-state index contributed by atoms with van der Waals surface area (Å²) >= 11 is 0. The molecule has 9 heteroatoms. The summed E-state index contributed by atoms with van der Waals surface area (Å²) in [5.41, 5.74) is 0.414. The maximum Gasteiger partial charge on any atom is 0.243 e. The number of para-hydroxylation sites is 1. The number of aliphatic imine (C=N–C) groups is 1. The molecule has 1 amide bonds. The van der Waals surface area contributed by atoms with Crippen molar-refractivity contribution in [1.29, 1.82) is 0 Å². The van der Waals surface area contributed by atoms with Crippen LogP contribution < -0.4 is 20.7 Å². The van der Waals surface area contributed by atoms with Crippen LogP contribution in [0, 0.1) is 17.5 Å². The first-order valence-corrected chi connectivity index (χ1v) is 8.53. The molecule has 2 rings (SSSR count). The summed E-state index contributed by atoms with van der Waals surface area (Å²) in [7, 11) is 1.56. The van der Waals surface area contributed by atoms with E-state index in [1.54, 1.807) is 7.11 Å². The monoisotopic (exact) mass is 394 g/mol. The van der Waals surface area contributed by atoms with E-state index in [9.17, 15) is 18.0 Å². The first kappa shape index (κ1) is 21.1. The van der Waals surface area contributed by atoms with E-state index in [-0.39, 0.29) is 6.54 Å². The lowest BCUT2D eigenvalue weighted by Crippen LogP contribution is -2.41. The highest BCUT2D eigenvalue weighted by Gasteiger charge is 2.15. The minimum Gasteiger partial charge on any atom is -0.496 e. The Morgan fingerprint density at radius 1 is 1.07 bits per heavy atom. The Morgan fingerprint density at radius 3 is 2.54 bits per heavy atom. The number of ether oxygens (including phenoxy) is 1. The maximum atomic E-state index is 13.6. The third-order valence-corrected chi connectivity index (χ3v) is 3.67. The molecule has 0 heterocycles. The highest BCUT2D eigenvalue weighted by molar-refractivity contribution is 5.95. The van der Waals surface area contributed by atoms with Gasteiger partial charge in [0.05, 0.1) is 25.9 Å². The van der Waals surface area contributed by atoms with E-state index in [1.807, 2.05) is 31.2 Å². The van der Waals surface area contributed by atoms with Gasteiger partial charge in [-0.3, -0.25) is 4.79 Å². The number of hydrogen-bond acceptors (Lipinski definition) is 3. The minimum absolute atomic E-state index is 0.254. The number of nitrogens with zero attached hydrogens (tertiary/aromatic N) is 1.